The molecule has 1 rings (SSSR count). The zero-order valence-electron chi connectivity index (χ0n) is 9.47. The number of nitrogens with one attached hydrogen (secondary N) is 1. The van der Waals surface area contributed by atoms with Crippen LogP contribution in [0, 0.1) is 0 Å². The van der Waals surface area contributed by atoms with Crippen molar-refractivity contribution >= 4 is 23.2 Å². The van der Waals surface area contributed by atoms with Crippen LogP contribution in [0.3, 0.4) is 0 Å². The third kappa shape index (κ3) is 3.95. The van der Waals surface area contributed by atoms with E-state index in [1.165, 1.54) is 6.42 Å². The molecule has 0 aromatic heterocycles. The zero-order valence-corrected chi connectivity index (χ0v) is 11.0. The van der Waals surface area contributed by atoms with E-state index in [-0.39, 0.29) is 6.04 Å². The van der Waals surface area contributed by atoms with Crippen LogP contribution >= 0.6 is 23.2 Å². The van der Waals surface area contributed by atoms with E-state index < -0.39 is 0 Å². The molecule has 0 saturated carbocycles. The number of halogens is 2. The highest BCUT2D eigenvalue weighted by Crippen LogP contribution is 2.26. The van der Waals surface area contributed by atoms with Gasteiger partial charge in [0.2, 0.25) is 0 Å². The molecule has 1 aromatic carbocycles. The summed E-state index contributed by atoms with van der Waals surface area (Å²) in [7, 11) is 0. The Labute approximate surface area is 107 Å². The smallest absolute Gasteiger partial charge is 0.0624 e. The maximum atomic E-state index is 6.13. The van der Waals surface area contributed by atoms with Crippen LogP contribution in [0.1, 0.15) is 31.7 Å². The number of unbranched alkanes of at least 4 members (excludes halogenated alkanes) is 1. The highest BCUT2D eigenvalue weighted by atomic mass is 35.5. The maximum Gasteiger partial charge on any atom is 0.0624 e. The van der Waals surface area contributed by atoms with E-state index in [1.54, 1.807) is 6.07 Å². The lowest BCUT2D eigenvalue weighted by molar-refractivity contribution is 0.473. The van der Waals surface area contributed by atoms with Crippen LogP contribution in [0.25, 0.3) is 0 Å². The lowest BCUT2D eigenvalue weighted by Gasteiger charge is -2.16. The summed E-state index contributed by atoms with van der Waals surface area (Å²) < 4.78 is 0. The summed E-state index contributed by atoms with van der Waals surface area (Å²) >= 11 is 12.1. The van der Waals surface area contributed by atoms with Gasteiger partial charge in [0.1, 0.15) is 0 Å². The highest BCUT2D eigenvalue weighted by Gasteiger charge is 2.11. The topological polar surface area (TPSA) is 38.0 Å². The third-order valence-electron chi connectivity index (χ3n) is 2.64. The van der Waals surface area contributed by atoms with Crippen LogP contribution in [0.15, 0.2) is 18.2 Å². The molecular formula is C12H18Cl2N2. The van der Waals surface area contributed by atoms with Gasteiger partial charge in [0.05, 0.1) is 10.0 Å². The Hall–Kier alpha value is -0.280. The fourth-order valence-electron chi connectivity index (χ4n) is 1.67. The van der Waals surface area contributed by atoms with Crippen molar-refractivity contribution in [1.29, 1.82) is 0 Å². The van der Waals surface area contributed by atoms with Gasteiger partial charge < -0.3 is 0 Å². The standard InChI is InChI=1S/C12H18Cl2N2/c1-2-3-6-10(16-15)8-9-5-4-7-11(13)12(9)14/h4-5,7,10,16H,2-3,6,8,15H2,1H3. The summed E-state index contributed by atoms with van der Waals surface area (Å²) in [6.07, 6.45) is 4.19. The first kappa shape index (κ1) is 13.8. The van der Waals surface area contributed by atoms with E-state index >= 15 is 0 Å². The predicted octanol–water partition coefficient (Wildman–Crippen LogP) is 3.56. The Bertz CT molecular complexity index is 329. The molecule has 0 spiro atoms. The molecule has 2 nitrogen and oxygen atoms in total. The first-order valence-electron chi connectivity index (χ1n) is 5.58. The van der Waals surface area contributed by atoms with Crippen LogP contribution in [0.4, 0.5) is 0 Å². The van der Waals surface area contributed by atoms with Crippen molar-refractivity contribution in [3.63, 3.8) is 0 Å². The van der Waals surface area contributed by atoms with Gasteiger partial charge in [0, 0.05) is 6.04 Å². The number of hydrazine groups is 1. The van der Waals surface area contributed by atoms with Crippen LogP contribution in [-0.4, -0.2) is 6.04 Å². The van der Waals surface area contributed by atoms with Crippen molar-refractivity contribution in [1.82, 2.24) is 5.43 Å². The third-order valence-corrected chi connectivity index (χ3v) is 3.50. The molecule has 0 fully saturated rings. The van der Waals surface area contributed by atoms with E-state index in [1.807, 2.05) is 12.1 Å². The normalized spacial score (nSPS) is 12.8. The Kier molecular flexibility index (Phi) is 6.14. The molecule has 1 unspecified atom stereocenters. The fraction of sp³-hybridized carbons (Fsp3) is 0.500. The molecule has 3 N–H and O–H groups in total. The second-order valence-electron chi connectivity index (χ2n) is 3.92. The monoisotopic (exact) mass is 260 g/mol. The van der Waals surface area contributed by atoms with Crippen molar-refractivity contribution in [2.45, 2.75) is 38.6 Å². The SMILES string of the molecule is CCCCC(Cc1cccc(Cl)c1Cl)NN. The first-order chi connectivity index (χ1) is 7.69. The molecular weight excluding hydrogens is 243 g/mol. The fourth-order valence-corrected chi connectivity index (χ4v) is 2.06. The van der Waals surface area contributed by atoms with E-state index in [0.717, 1.165) is 24.8 Å². The van der Waals surface area contributed by atoms with E-state index in [4.69, 9.17) is 29.0 Å². The van der Waals surface area contributed by atoms with Gasteiger partial charge in [-0.15, -0.1) is 0 Å². The van der Waals surface area contributed by atoms with Crippen LogP contribution in [0.2, 0.25) is 10.0 Å². The molecule has 1 aromatic rings. The molecule has 90 valence electrons. The van der Waals surface area contributed by atoms with Gasteiger partial charge in [-0.25, -0.2) is 0 Å². The van der Waals surface area contributed by atoms with Crippen molar-refractivity contribution in [3.05, 3.63) is 33.8 Å². The summed E-state index contributed by atoms with van der Waals surface area (Å²) in [5, 5.41) is 1.24. The highest BCUT2D eigenvalue weighted by molar-refractivity contribution is 6.42. The zero-order chi connectivity index (χ0) is 12.0. The molecule has 0 aliphatic heterocycles. The van der Waals surface area contributed by atoms with Gasteiger partial charge in [0.15, 0.2) is 0 Å². The average Bonchev–Trinajstić information content (AvgIpc) is 2.30. The van der Waals surface area contributed by atoms with E-state index in [0.29, 0.717) is 10.0 Å². The van der Waals surface area contributed by atoms with Gasteiger partial charge in [-0.1, -0.05) is 55.1 Å². The van der Waals surface area contributed by atoms with Gasteiger partial charge in [-0.2, -0.15) is 0 Å². The summed E-state index contributed by atoms with van der Waals surface area (Å²) in [4.78, 5) is 0. The van der Waals surface area contributed by atoms with Crippen LogP contribution < -0.4 is 11.3 Å². The second kappa shape index (κ2) is 7.13. The maximum absolute atomic E-state index is 6.13. The minimum absolute atomic E-state index is 0.260. The summed E-state index contributed by atoms with van der Waals surface area (Å²) in [5.74, 6) is 5.52. The average molecular weight is 261 g/mol. The number of nitrogens with two attached hydrogens (primary N) is 1. The lowest BCUT2D eigenvalue weighted by atomic mass is 10.0. The van der Waals surface area contributed by atoms with Crippen molar-refractivity contribution in [2.75, 3.05) is 0 Å². The minimum atomic E-state index is 0.260. The summed E-state index contributed by atoms with van der Waals surface area (Å²) in [5.41, 5.74) is 3.88. The molecule has 1 atom stereocenters. The number of hydrogen-bond donors (Lipinski definition) is 2. The molecule has 0 bridgehead atoms. The van der Waals surface area contributed by atoms with Crippen molar-refractivity contribution in [2.24, 2.45) is 5.84 Å². The van der Waals surface area contributed by atoms with Crippen LogP contribution in [-0.2, 0) is 6.42 Å². The van der Waals surface area contributed by atoms with Gasteiger partial charge in [-0.05, 0) is 24.5 Å². The summed E-state index contributed by atoms with van der Waals surface area (Å²) in [6.45, 7) is 2.17. The lowest BCUT2D eigenvalue weighted by Crippen LogP contribution is -2.36. The van der Waals surface area contributed by atoms with Gasteiger partial charge >= 0.3 is 0 Å². The molecule has 0 heterocycles. The largest absolute Gasteiger partial charge is 0.271 e. The Balaban J connectivity index is 2.66. The Morgan fingerprint density at radius 1 is 1.38 bits per heavy atom. The molecule has 4 heteroatoms. The van der Waals surface area contributed by atoms with E-state index in [2.05, 4.69) is 12.3 Å². The Morgan fingerprint density at radius 2 is 2.12 bits per heavy atom. The molecule has 0 amide bonds. The predicted molar refractivity (Wildman–Crippen MR) is 70.8 cm³/mol. The number of hydrogen-bond acceptors (Lipinski definition) is 2. The molecule has 0 aliphatic rings. The molecule has 0 aliphatic carbocycles. The summed E-state index contributed by atoms with van der Waals surface area (Å²) in [6, 6.07) is 5.96. The number of rotatable bonds is 6. The van der Waals surface area contributed by atoms with Crippen LogP contribution in [0.5, 0.6) is 0 Å². The van der Waals surface area contributed by atoms with E-state index in [9.17, 15) is 0 Å². The van der Waals surface area contributed by atoms with Crippen molar-refractivity contribution in [3.8, 4) is 0 Å². The molecule has 0 saturated heterocycles. The molecule has 16 heavy (non-hydrogen) atoms. The second-order valence-corrected chi connectivity index (χ2v) is 4.71. The van der Waals surface area contributed by atoms with Gasteiger partial charge in [0.25, 0.3) is 0 Å². The minimum Gasteiger partial charge on any atom is -0.271 e. The number of benzene rings is 1. The first-order valence-corrected chi connectivity index (χ1v) is 6.33. The van der Waals surface area contributed by atoms with Gasteiger partial charge in [-0.3, -0.25) is 11.3 Å². The van der Waals surface area contributed by atoms with Crippen molar-refractivity contribution < 1.29 is 0 Å². The quantitative estimate of drug-likeness (QED) is 0.607. The molecule has 0 radical (unpaired) electrons. The Morgan fingerprint density at radius 3 is 2.75 bits per heavy atom.